The van der Waals surface area contributed by atoms with Crippen LogP contribution in [0.1, 0.15) is 6.42 Å². The maximum atomic E-state index is 13.8. The molecule has 3 N–H and O–H groups in total. The van der Waals surface area contributed by atoms with E-state index in [2.05, 4.69) is 0 Å². The number of fused-ring (bicyclic) bond motifs is 1. The standard InChI is InChI=1S/C16H19F2N3O2/c17-10-7-12(18)11-1-2-16(23)21(14(11)8-10)6-5-20-4-3-13(19)15(22)9-20/h1-2,7-8,13,15,22H,3-6,9,19H2/t13-,15+/m0/s1. The highest BCUT2D eigenvalue weighted by Gasteiger charge is 2.24. The van der Waals surface area contributed by atoms with Gasteiger partial charge in [-0.15, -0.1) is 0 Å². The number of β-amino-alcohol motifs (C(OH)–C–C–N with tert-alkyl or cyclic N) is 1. The molecule has 2 atom stereocenters. The lowest BCUT2D eigenvalue weighted by molar-refractivity contribution is 0.0520. The average Bonchev–Trinajstić information content (AvgIpc) is 2.49. The van der Waals surface area contributed by atoms with Crippen LogP contribution >= 0.6 is 0 Å². The van der Waals surface area contributed by atoms with Gasteiger partial charge in [-0.2, -0.15) is 0 Å². The lowest BCUT2D eigenvalue weighted by Gasteiger charge is -2.34. The van der Waals surface area contributed by atoms with Crippen LogP contribution in [0.4, 0.5) is 8.78 Å². The molecule has 3 rings (SSSR count). The van der Waals surface area contributed by atoms with Gasteiger partial charge in [-0.3, -0.25) is 9.69 Å². The molecular weight excluding hydrogens is 304 g/mol. The van der Waals surface area contributed by atoms with Gasteiger partial charge in [0.1, 0.15) is 11.6 Å². The Kier molecular flexibility index (Phi) is 4.43. The van der Waals surface area contributed by atoms with E-state index in [9.17, 15) is 18.7 Å². The van der Waals surface area contributed by atoms with Crippen LogP contribution in [0, 0.1) is 11.6 Å². The molecule has 1 aliphatic heterocycles. The summed E-state index contributed by atoms with van der Waals surface area (Å²) in [5, 5.41) is 10.0. The van der Waals surface area contributed by atoms with Crippen LogP contribution in [0.2, 0.25) is 0 Å². The van der Waals surface area contributed by atoms with Gasteiger partial charge in [0.15, 0.2) is 0 Å². The van der Waals surface area contributed by atoms with Crippen molar-refractivity contribution in [3.63, 3.8) is 0 Å². The predicted molar refractivity (Wildman–Crippen MR) is 83.2 cm³/mol. The molecule has 0 unspecified atom stereocenters. The van der Waals surface area contributed by atoms with E-state index >= 15 is 0 Å². The van der Waals surface area contributed by atoms with Crippen molar-refractivity contribution in [3.05, 3.63) is 46.3 Å². The molecule has 5 nitrogen and oxygen atoms in total. The van der Waals surface area contributed by atoms with E-state index in [-0.39, 0.29) is 22.5 Å². The number of pyridine rings is 1. The minimum atomic E-state index is -0.714. The number of likely N-dealkylation sites (tertiary alicyclic amines) is 1. The molecule has 2 heterocycles. The zero-order valence-corrected chi connectivity index (χ0v) is 12.6. The van der Waals surface area contributed by atoms with Gasteiger partial charge in [0.2, 0.25) is 0 Å². The van der Waals surface area contributed by atoms with E-state index in [1.807, 2.05) is 4.90 Å². The third-order valence-corrected chi connectivity index (χ3v) is 4.38. The maximum Gasteiger partial charge on any atom is 0.251 e. The van der Waals surface area contributed by atoms with Gasteiger partial charge in [0, 0.05) is 43.2 Å². The zero-order chi connectivity index (χ0) is 16.6. The normalized spacial score (nSPS) is 22.6. The van der Waals surface area contributed by atoms with E-state index in [0.717, 1.165) is 12.6 Å². The molecule has 1 aromatic heterocycles. The number of hydrogen-bond acceptors (Lipinski definition) is 4. The Labute approximate surface area is 131 Å². The Morgan fingerprint density at radius 1 is 1.26 bits per heavy atom. The molecule has 0 bridgehead atoms. The van der Waals surface area contributed by atoms with Crippen molar-refractivity contribution < 1.29 is 13.9 Å². The molecule has 0 spiro atoms. The average molecular weight is 323 g/mol. The number of nitrogens with two attached hydrogens (primary N) is 1. The summed E-state index contributed by atoms with van der Waals surface area (Å²) >= 11 is 0. The summed E-state index contributed by atoms with van der Waals surface area (Å²) in [6.07, 6.45) is 0.0809. The summed E-state index contributed by atoms with van der Waals surface area (Å²) in [6, 6.07) is 4.40. The second-order valence-corrected chi connectivity index (χ2v) is 5.96. The number of hydrogen-bond donors (Lipinski definition) is 2. The first-order chi connectivity index (χ1) is 11.0. The third-order valence-electron chi connectivity index (χ3n) is 4.38. The van der Waals surface area contributed by atoms with Gasteiger partial charge >= 0.3 is 0 Å². The van der Waals surface area contributed by atoms with Crippen molar-refractivity contribution >= 4 is 10.9 Å². The SMILES string of the molecule is N[C@H]1CCN(CCn2c(=O)ccc3c(F)cc(F)cc32)C[C@H]1O. The van der Waals surface area contributed by atoms with E-state index in [4.69, 9.17) is 5.73 Å². The van der Waals surface area contributed by atoms with Crippen LogP contribution in [0.5, 0.6) is 0 Å². The molecule has 0 saturated carbocycles. The number of aliphatic hydroxyl groups excluding tert-OH is 1. The Bertz CT molecular complexity index is 778. The molecule has 1 fully saturated rings. The van der Waals surface area contributed by atoms with Crippen LogP contribution in [0.15, 0.2) is 29.1 Å². The highest BCUT2D eigenvalue weighted by Crippen LogP contribution is 2.18. The Morgan fingerprint density at radius 2 is 2.04 bits per heavy atom. The van der Waals surface area contributed by atoms with Crippen LogP contribution in [0.25, 0.3) is 10.9 Å². The zero-order valence-electron chi connectivity index (χ0n) is 12.6. The molecular formula is C16H19F2N3O2. The number of aromatic nitrogens is 1. The lowest BCUT2D eigenvalue weighted by Crippen LogP contribution is -2.51. The van der Waals surface area contributed by atoms with Gasteiger partial charge in [-0.1, -0.05) is 0 Å². The van der Waals surface area contributed by atoms with Crippen molar-refractivity contribution in [2.75, 3.05) is 19.6 Å². The van der Waals surface area contributed by atoms with Crippen molar-refractivity contribution in [2.45, 2.75) is 25.1 Å². The fourth-order valence-corrected chi connectivity index (χ4v) is 3.01. The second-order valence-electron chi connectivity index (χ2n) is 5.96. The number of rotatable bonds is 3. The number of piperidine rings is 1. The summed E-state index contributed by atoms with van der Waals surface area (Å²) in [6.45, 7) is 1.95. The predicted octanol–water partition coefficient (Wildman–Crippen LogP) is 0.674. The molecule has 23 heavy (non-hydrogen) atoms. The van der Waals surface area contributed by atoms with Crippen molar-refractivity contribution in [2.24, 2.45) is 5.73 Å². The van der Waals surface area contributed by atoms with Crippen LogP contribution < -0.4 is 11.3 Å². The Morgan fingerprint density at radius 3 is 2.78 bits per heavy atom. The lowest BCUT2D eigenvalue weighted by atomic mass is 10.0. The molecule has 1 aromatic carbocycles. The summed E-state index contributed by atoms with van der Waals surface area (Å²) < 4.78 is 28.7. The largest absolute Gasteiger partial charge is 0.390 e. The van der Waals surface area contributed by atoms with Gasteiger partial charge in [0.05, 0.1) is 11.6 Å². The summed E-state index contributed by atoms with van der Waals surface area (Å²) in [7, 11) is 0. The topological polar surface area (TPSA) is 71.5 Å². The smallest absolute Gasteiger partial charge is 0.251 e. The first-order valence-electron chi connectivity index (χ1n) is 7.60. The monoisotopic (exact) mass is 323 g/mol. The van der Waals surface area contributed by atoms with Gasteiger partial charge in [-0.25, -0.2) is 8.78 Å². The molecule has 7 heteroatoms. The van der Waals surface area contributed by atoms with E-state index < -0.39 is 17.7 Å². The molecule has 0 radical (unpaired) electrons. The summed E-state index contributed by atoms with van der Waals surface area (Å²) in [4.78, 5) is 14.1. The minimum Gasteiger partial charge on any atom is -0.390 e. The van der Waals surface area contributed by atoms with Crippen molar-refractivity contribution in [3.8, 4) is 0 Å². The first kappa shape index (κ1) is 16.0. The minimum absolute atomic E-state index is 0.215. The molecule has 2 aromatic rings. The molecule has 0 aliphatic carbocycles. The highest BCUT2D eigenvalue weighted by molar-refractivity contribution is 5.79. The maximum absolute atomic E-state index is 13.8. The van der Waals surface area contributed by atoms with Gasteiger partial charge in [0.25, 0.3) is 5.56 Å². The van der Waals surface area contributed by atoms with Crippen LogP contribution in [0.3, 0.4) is 0 Å². The molecule has 0 amide bonds. The number of benzene rings is 1. The molecule has 124 valence electrons. The number of halogens is 2. The highest BCUT2D eigenvalue weighted by atomic mass is 19.1. The number of nitrogens with zero attached hydrogens (tertiary/aromatic N) is 2. The van der Waals surface area contributed by atoms with E-state index in [1.165, 1.54) is 22.8 Å². The Balaban J connectivity index is 1.85. The summed E-state index contributed by atoms with van der Waals surface area (Å²) in [5.41, 5.74) is 5.70. The van der Waals surface area contributed by atoms with E-state index in [1.54, 1.807) is 0 Å². The fourth-order valence-electron chi connectivity index (χ4n) is 3.01. The van der Waals surface area contributed by atoms with Crippen LogP contribution in [-0.4, -0.2) is 46.4 Å². The fraction of sp³-hybridized carbons (Fsp3) is 0.438. The number of aliphatic hydroxyl groups is 1. The van der Waals surface area contributed by atoms with E-state index in [0.29, 0.717) is 26.1 Å². The van der Waals surface area contributed by atoms with Crippen molar-refractivity contribution in [1.82, 2.24) is 9.47 Å². The van der Waals surface area contributed by atoms with Crippen molar-refractivity contribution in [1.29, 1.82) is 0 Å². The first-order valence-corrected chi connectivity index (χ1v) is 7.60. The molecule has 1 aliphatic rings. The Hall–Kier alpha value is -1.83. The quantitative estimate of drug-likeness (QED) is 0.871. The third kappa shape index (κ3) is 3.26. The second kappa shape index (κ2) is 6.35. The summed E-state index contributed by atoms with van der Waals surface area (Å²) in [5.74, 6) is -1.40. The van der Waals surface area contributed by atoms with Gasteiger partial charge in [-0.05, 0) is 25.1 Å². The van der Waals surface area contributed by atoms with Gasteiger partial charge < -0.3 is 15.4 Å². The van der Waals surface area contributed by atoms with Crippen LogP contribution in [-0.2, 0) is 6.54 Å². The molecule has 1 saturated heterocycles.